The SMILES string of the molecule is COc1cc(CN2CCC(OC)CC2CN)cc(Cl)c1OCC(N)=O. The molecule has 0 aromatic heterocycles. The zero-order valence-electron chi connectivity index (χ0n) is 14.7. The normalized spacial score (nSPS) is 21.1. The van der Waals surface area contributed by atoms with E-state index in [2.05, 4.69) is 4.90 Å². The molecule has 4 N–H and O–H groups in total. The van der Waals surface area contributed by atoms with Crippen LogP contribution in [0.15, 0.2) is 12.1 Å². The Morgan fingerprint density at radius 2 is 2.16 bits per heavy atom. The van der Waals surface area contributed by atoms with Crippen LogP contribution in [-0.4, -0.2) is 56.9 Å². The predicted octanol–water partition coefficient (Wildman–Crippen LogP) is 1.15. The Kier molecular flexibility index (Phi) is 7.31. The van der Waals surface area contributed by atoms with E-state index in [-0.39, 0.29) is 18.8 Å². The highest BCUT2D eigenvalue weighted by Crippen LogP contribution is 2.37. The minimum atomic E-state index is -0.575. The van der Waals surface area contributed by atoms with E-state index < -0.39 is 5.91 Å². The van der Waals surface area contributed by atoms with Crippen molar-refractivity contribution in [2.24, 2.45) is 11.5 Å². The number of likely N-dealkylation sites (tertiary alicyclic amines) is 1. The molecule has 1 fully saturated rings. The summed E-state index contributed by atoms with van der Waals surface area (Å²) in [6.45, 7) is 1.92. The van der Waals surface area contributed by atoms with Crippen molar-refractivity contribution < 1.29 is 19.0 Å². The summed E-state index contributed by atoms with van der Waals surface area (Å²) in [7, 11) is 3.27. The van der Waals surface area contributed by atoms with Gasteiger partial charge in [0.15, 0.2) is 18.1 Å². The van der Waals surface area contributed by atoms with Gasteiger partial charge < -0.3 is 25.7 Å². The molecular formula is C17H26ClN3O4. The lowest BCUT2D eigenvalue weighted by Gasteiger charge is -2.38. The maximum absolute atomic E-state index is 10.9. The van der Waals surface area contributed by atoms with Crippen molar-refractivity contribution in [3.05, 3.63) is 22.7 Å². The largest absolute Gasteiger partial charge is 0.493 e. The molecule has 0 bridgehead atoms. The van der Waals surface area contributed by atoms with Gasteiger partial charge in [-0.15, -0.1) is 0 Å². The predicted molar refractivity (Wildman–Crippen MR) is 96.0 cm³/mol. The molecule has 25 heavy (non-hydrogen) atoms. The van der Waals surface area contributed by atoms with Crippen LogP contribution in [0.3, 0.4) is 0 Å². The number of amides is 1. The van der Waals surface area contributed by atoms with Crippen LogP contribution in [0.1, 0.15) is 18.4 Å². The highest BCUT2D eigenvalue weighted by Gasteiger charge is 2.28. The molecule has 140 valence electrons. The second kappa shape index (κ2) is 9.24. The summed E-state index contributed by atoms with van der Waals surface area (Å²) >= 11 is 6.31. The number of nitrogens with two attached hydrogens (primary N) is 2. The molecule has 2 atom stereocenters. The smallest absolute Gasteiger partial charge is 0.255 e. The molecule has 1 aromatic rings. The first kappa shape index (κ1) is 19.8. The van der Waals surface area contributed by atoms with Gasteiger partial charge in [0.05, 0.1) is 18.2 Å². The third-order valence-electron chi connectivity index (χ3n) is 4.43. The van der Waals surface area contributed by atoms with Gasteiger partial charge in [-0.2, -0.15) is 0 Å². The van der Waals surface area contributed by atoms with Gasteiger partial charge in [-0.25, -0.2) is 0 Å². The number of nitrogens with zero attached hydrogens (tertiary/aromatic N) is 1. The molecule has 1 saturated heterocycles. The van der Waals surface area contributed by atoms with Gasteiger partial charge in [0.2, 0.25) is 0 Å². The number of hydrogen-bond acceptors (Lipinski definition) is 6. The fourth-order valence-corrected chi connectivity index (χ4v) is 3.40. The third kappa shape index (κ3) is 5.22. The number of rotatable bonds is 8. The molecule has 7 nitrogen and oxygen atoms in total. The van der Waals surface area contributed by atoms with Gasteiger partial charge in [0.1, 0.15) is 0 Å². The van der Waals surface area contributed by atoms with Crippen molar-refractivity contribution in [3.8, 4) is 11.5 Å². The summed E-state index contributed by atoms with van der Waals surface area (Å²) in [5, 5.41) is 0.381. The number of carbonyl (C=O) groups excluding carboxylic acids is 1. The van der Waals surface area contributed by atoms with Crippen LogP contribution in [0.4, 0.5) is 0 Å². The number of hydrogen-bond donors (Lipinski definition) is 2. The summed E-state index contributed by atoms with van der Waals surface area (Å²) in [6.07, 6.45) is 2.14. The first-order chi connectivity index (χ1) is 12.0. The number of carbonyl (C=O) groups is 1. The zero-order valence-corrected chi connectivity index (χ0v) is 15.4. The molecule has 1 heterocycles. The van der Waals surface area contributed by atoms with E-state index in [9.17, 15) is 4.79 Å². The first-order valence-electron chi connectivity index (χ1n) is 8.22. The Hall–Kier alpha value is -1.54. The lowest BCUT2D eigenvalue weighted by atomic mass is 9.98. The van der Waals surface area contributed by atoms with E-state index in [1.807, 2.05) is 12.1 Å². The summed E-state index contributed by atoms with van der Waals surface area (Å²) in [5.41, 5.74) is 12.0. The molecular weight excluding hydrogens is 346 g/mol. The number of ether oxygens (including phenoxy) is 3. The van der Waals surface area contributed by atoms with E-state index in [0.29, 0.717) is 29.6 Å². The molecule has 8 heteroatoms. The van der Waals surface area contributed by atoms with Crippen LogP contribution < -0.4 is 20.9 Å². The number of methoxy groups -OCH3 is 2. The number of primary amides is 1. The first-order valence-corrected chi connectivity index (χ1v) is 8.60. The van der Waals surface area contributed by atoms with Crippen molar-refractivity contribution in [1.82, 2.24) is 4.90 Å². The number of halogens is 1. The quantitative estimate of drug-likeness (QED) is 0.711. The number of piperidine rings is 1. The van der Waals surface area contributed by atoms with Crippen LogP contribution in [0.5, 0.6) is 11.5 Å². The lowest BCUT2D eigenvalue weighted by Crippen LogP contribution is -2.47. The Balaban J connectivity index is 2.14. The summed E-state index contributed by atoms with van der Waals surface area (Å²) in [6, 6.07) is 3.93. The van der Waals surface area contributed by atoms with Crippen LogP contribution in [0, 0.1) is 0 Å². The van der Waals surface area contributed by atoms with Gasteiger partial charge >= 0.3 is 0 Å². The molecule has 1 aliphatic rings. The van der Waals surface area contributed by atoms with E-state index in [0.717, 1.165) is 24.9 Å². The highest BCUT2D eigenvalue weighted by atomic mass is 35.5. The third-order valence-corrected chi connectivity index (χ3v) is 4.71. The van der Waals surface area contributed by atoms with E-state index in [1.54, 1.807) is 7.11 Å². The maximum atomic E-state index is 10.9. The number of benzene rings is 1. The Morgan fingerprint density at radius 1 is 1.40 bits per heavy atom. The fraction of sp³-hybridized carbons (Fsp3) is 0.588. The molecule has 1 aliphatic heterocycles. The Labute approximate surface area is 153 Å². The molecule has 1 aromatic carbocycles. The van der Waals surface area contributed by atoms with Crippen molar-refractivity contribution in [2.45, 2.75) is 31.5 Å². The van der Waals surface area contributed by atoms with Gasteiger partial charge in [0.25, 0.3) is 5.91 Å². The topological polar surface area (TPSA) is 100 Å². The second-order valence-corrected chi connectivity index (χ2v) is 6.51. The van der Waals surface area contributed by atoms with Gasteiger partial charge in [-0.3, -0.25) is 9.69 Å². The van der Waals surface area contributed by atoms with Crippen molar-refractivity contribution >= 4 is 17.5 Å². The average molecular weight is 372 g/mol. The molecule has 2 unspecified atom stereocenters. The molecule has 0 saturated carbocycles. The highest BCUT2D eigenvalue weighted by molar-refractivity contribution is 6.32. The van der Waals surface area contributed by atoms with Crippen molar-refractivity contribution in [1.29, 1.82) is 0 Å². The van der Waals surface area contributed by atoms with Crippen LogP contribution in [-0.2, 0) is 16.1 Å². The van der Waals surface area contributed by atoms with Crippen molar-refractivity contribution in [2.75, 3.05) is 33.9 Å². The zero-order chi connectivity index (χ0) is 18.4. The van der Waals surface area contributed by atoms with Crippen LogP contribution in [0.25, 0.3) is 0 Å². The van der Waals surface area contributed by atoms with Crippen LogP contribution >= 0.6 is 11.6 Å². The molecule has 0 aliphatic carbocycles. The van der Waals surface area contributed by atoms with Gasteiger partial charge in [-0.05, 0) is 30.5 Å². The van der Waals surface area contributed by atoms with Gasteiger partial charge in [-0.1, -0.05) is 11.6 Å². The van der Waals surface area contributed by atoms with Gasteiger partial charge in [0, 0.05) is 32.8 Å². The minimum Gasteiger partial charge on any atom is -0.493 e. The molecule has 2 rings (SSSR count). The summed E-state index contributed by atoms with van der Waals surface area (Å²) < 4.78 is 16.2. The average Bonchev–Trinajstić information content (AvgIpc) is 2.60. The standard InChI is InChI=1S/C17H26ClN3O4/c1-23-13-3-4-21(12(7-13)8-19)9-11-5-14(18)17(15(6-11)24-2)25-10-16(20)22/h5-6,12-13H,3-4,7-10,19H2,1-2H3,(H2,20,22). The Bertz CT molecular complexity index is 600. The molecule has 1 amide bonds. The summed E-state index contributed by atoms with van der Waals surface area (Å²) in [5.74, 6) is 0.217. The Morgan fingerprint density at radius 3 is 2.76 bits per heavy atom. The monoisotopic (exact) mass is 371 g/mol. The van der Waals surface area contributed by atoms with E-state index in [1.165, 1.54) is 7.11 Å². The molecule has 0 radical (unpaired) electrons. The fourth-order valence-electron chi connectivity index (χ4n) is 3.11. The maximum Gasteiger partial charge on any atom is 0.255 e. The summed E-state index contributed by atoms with van der Waals surface area (Å²) in [4.78, 5) is 13.2. The minimum absolute atomic E-state index is 0.255. The van der Waals surface area contributed by atoms with Crippen molar-refractivity contribution in [3.63, 3.8) is 0 Å². The van der Waals surface area contributed by atoms with Crippen LogP contribution in [0.2, 0.25) is 5.02 Å². The molecule has 0 spiro atoms. The second-order valence-electron chi connectivity index (χ2n) is 6.11. The lowest BCUT2D eigenvalue weighted by molar-refractivity contribution is -0.119. The van der Waals surface area contributed by atoms with E-state index in [4.69, 9.17) is 37.3 Å². The van der Waals surface area contributed by atoms with E-state index >= 15 is 0 Å².